The molecule has 1 unspecified atom stereocenters. The van der Waals surface area contributed by atoms with E-state index in [1.807, 2.05) is 19.9 Å². The van der Waals surface area contributed by atoms with Gasteiger partial charge in [-0.15, -0.1) is 0 Å². The fourth-order valence-electron chi connectivity index (χ4n) is 1.95. The summed E-state index contributed by atoms with van der Waals surface area (Å²) in [6.45, 7) is 3.69. The standard InChI is InChI=1S/C11H14FN5/c1-6-3-7(2)9(8(12)4-6)10(16-13)11-14-5-15-17-11/h3-5,10,16H,13H2,1-2H3,(H,14,15,17). The van der Waals surface area contributed by atoms with Gasteiger partial charge >= 0.3 is 0 Å². The third-order valence-electron chi connectivity index (χ3n) is 2.64. The number of aryl methyl sites for hydroxylation is 2. The Morgan fingerprint density at radius 1 is 1.41 bits per heavy atom. The topological polar surface area (TPSA) is 79.6 Å². The highest BCUT2D eigenvalue weighted by Gasteiger charge is 2.21. The van der Waals surface area contributed by atoms with Gasteiger partial charge in [-0.3, -0.25) is 10.9 Å². The van der Waals surface area contributed by atoms with E-state index in [-0.39, 0.29) is 5.82 Å². The molecule has 0 aliphatic carbocycles. The van der Waals surface area contributed by atoms with E-state index in [1.54, 1.807) is 0 Å². The van der Waals surface area contributed by atoms with Gasteiger partial charge in [-0.1, -0.05) is 6.07 Å². The number of nitrogens with zero attached hydrogens (tertiary/aromatic N) is 2. The van der Waals surface area contributed by atoms with Crippen molar-refractivity contribution in [2.24, 2.45) is 5.84 Å². The Bertz CT molecular complexity index is 486. The molecule has 1 aromatic heterocycles. The summed E-state index contributed by atoms with van der Waals surface area (Å²) in [6.07, 6.45) is 1.36. The number of hydrogen-bond acceptors (Lipinski definition) is 4. The lowest BCUT2D eigenvalue weighted by atomic mass is 9.98. The zero-order valence-electron chi connectivity index (χ0n) is 9.66. The lowest BCUT2D eigenvalue weighted by molar-refractivity contribution is 0.541. The Morgan fingerprint density at radius 2 is 2.18 bits per heavy atom. The fourth-order valence-corrected chi connectivity index (χ4v) is 1.95. The van der Waals surface area contributed by atoms with Gasteiger partial charge in [-0.2, -0.15) is 5.10 Å². The van der Waals surface area contributed by atoms with E-state index in [0.29, 0.717) is 11.4 Å². The minimum atomic E-state index is -0.530. The molecule has 0 amide bonds. The summed E-state index contributed by atoms with van der Waals surface area (Å²) in [5, 5.41) is 6.42. The summed E-state index contributed by atoms with van der Waals surface area (Å²) < 4.78 is 14.0. The number of halogens is 1. The molecule has 2 rings (SSSR count). The Kier molecular flexibility index (Phi) is 3.16. The van der Waals surface area contributed by atoms with Crippen LogP contribution < -0.4 is 11.3 Å². The van der Waals surface area contributed by atoms with Gasteiger partial charge in [-0.25, -0.2) is 14.8 Å². The minimum absolute atomic E-state index is 0.304. The molecule has 0 spiro atoms. The number of nitrogens with one attached hydrogen (secondary N) is 2. The normalized spacial score (nSPS) is 12.7. The van der Waals surface area contributed by atoms with Crippen molar-refractivity contribution in [2.75, 3.05) is 0 Å². The Labute approximate surface area is 98.2 Å². The molecule has 0 aliphatic heterocycles. The fraction of sp³-hybridized carbons (Fsp3) is 0.273. The van der Waals surface area contributed by atoms with Crippen LogP contribution in [-0.4, -0.2) is 15.2 Å². The molecule has 17 heavy (non-hydrogen) atoms. The van der Waals surface area contributed by atoms with E-state index in [9.17, 15) is 4.39 Å². The molecule has 0 saturated heterocycles. The zero-order chi connectivity index (χ0) is 12.4. The molecule has 0 bridgehead atoms. The number of aromatic nitrogens is 3. The van der Waals surface area contributed by atoms with Crippen molar-refractivity contribution in [1.82, 2.24) is 20.6 Å². The molecule has 4 N–H and O–H groups in total. The molecule has 5 nitrogen and oxygen atoms in total. The summed E-state index contributed by atoms with van der Waals surface area (Å²) in [5.41, 5.74) is 4.72. The number of H-pyrrole nitrogens is 1. The first kappa shape index (κ1) is 11.7. The van der Waals surface area contributed by atoms with Gasteiger partial charge in [-0.05, 0) is 31.0 Å². The highest BCUT2D eigenvalue weighted by molar-refractivity contribution is 5.36. The van der Waals surface area contributed by atoms with E-state index in [4.69, 9.17) is 5.84 Å². The summed E-state index contributed by atoms with van der Waals surface area (Å²) in [6, 6.07) is 2.85. The van der Waals surface area contributed by atoms with Gasteiger partial charge in [0.1, 0.15) is 24.0 Å². The number of aromatic amines is 1. The Hall–Kier alpha value is -1.79. The van der Waals surface area contributed by atoms with Crippen LogP contribution in [0.2, 0.25) is 0 Å². The van der Waals surface area contributed by atoms with Crippen LogP contribution in [0, 0.1) is 19.7 Å². The average molecular weight is 235 g/mol. The molecule has 1 aromatic carbocycles. The third kappa shape index (κ3) is 2.17. The smallest absolute Gasteiger partial charge is 0.147 e. The van der Waals surface area contributed by atoms with Crippen LogP contribution in [0.5, 0.6) is 0 Å². The van der Waals surface area contributed by atoms with Crippen LogP contribution in [-0.2, 0) is 0 Å². The monoisotopic (exact) mass is 235 g/mol. The van der Waals surface area contributed by atoms with E-state index < -0.39 is 6.04 Å². The first-order valence-electron chi connectivity index (χ1n) is 5.21. The maximum Gasteiger partial charge on any atom is 0.147 e. The van der Waals surface area contributed by atoms with Crippen molar-refractivity contribution in [2.45, 2.75) is 19.9 Å². The van der Waals surface area contributed by atoms with Crippen molar-refractivity contribution in [3.8, 4) is 0 Å². The predicted octanol–water partition coefficient (Wildman–Crippen LogP) is 1.11. The molecule has 90 valence electrons. The van der Waals surface area contributed by atoms with Crippen molar-refractivity contribution in [1.29, 1.82) is 0 Å². The highest BCUT2D eigenvalue weighted by atomic mass is 19.1. The minimum Gasteiger partial charge on any atom is -0.270 e. The molecule has 1 atom stereocenters. The maximum atomic E-state index is 14.0. The SMILES string of the molecule is Cc1cc(C)c(C(NN)c2ncn[nH]2)c(F)c1. The van der Waals surface area contributed by atoms with Gasteiger partial charge in [0.05, 0.1) is 0 Å². The molecule has 0 radical (unpaired) electrons. The molecule has 1 heterocycles. The molecular weight excluding hydrogens is 221 g/mol. The van der Waals surface area contributed by atoms with Crippen molar-refractivity contribution < 1.29 is 4.39 Å². The number of rotatable bonds is 3. The van der Waals surface area contributed by atoms with E-state index >= 15 is 0 Å². The van der Waals surface area contributed by atoms with Crippen LogP contribution in [0.25, 0.3) is 0 Å². The maximum absolute atomic E-state index is 14.0. The van der Waals surface area contributed by atoms with E-state index in [2.05, 4.69) is 20.6 Å². The first-order valence-corrected chi connectivity index (χ1v) is 5.21. The lowest BCUT2D eigenvalue weighted by Crippen LogP contribution is -2.31. The highest BCUT2D eigenvalue weighted by Crippen LogP contribution is 2.25. The average Bonchev–Trinajstić information content (AvgIpc) is 2.76. The van der Waals surface area contributed by atoms with Crippen molar-refractivity contribution in [3.05, 3.63) is 46.8 Å². The molecule has 0 aliphatic rings. The molecule has 6 heteroatoms. The number of hydrogen-bond donors (Lipinski definition) is 3. The quantitative estimate of drug-likeness (QED) is 0.550. The second-order valence-corrected chi connectivity index (χ2v) is 3.95. The predicted molar refractivity (Wildman–Crippen MR) is 61.4 cm³/mol. The van der Waals surface area contributed by atoms with Gasteiger partial charge in [0.25, 0.3) is 0 Å². The van der Waals surface area contributed by atoms with Crippen LogP contribution in [0.3, 0.4) is 0 Å². The molecule has 0 saturated carbocycles. The summed E-state index contributed by atoms with van der Waals surface area (Å²) in [7, 11) is 0. The van der Waals surface area contributed by atoms with Gasteiger partial charge in [0.2, 0.25) is 0 Å². The third-order valence-corrected chi connectivity index (χ3v) is 2.64. The Balaban J connectivity index is 2.52. The Morgan fingerprint density at radius 3 is 2.71 bits per heavy atom. The van der Waals surface area contributed by atoms with E-state index in [0.717, 1.165) is 11.1 Å². The molecular formula is C11H14FN5. The number of hydrazine groups is 1. The zero-order valence-corrected chi connectivity index (χ0v) is 9.66. The van der Waals surface area contributed by atoms with Crippen molar-refractivity contribution >= 4 is 0 Å². The second-order valence-electron chi connectivity index (χ2n) is 3.95. The molecule has 2 aromatic rings. The van der Waals surface area contributed by atoms with Gasteiger partial charge in [0, 0.05) is 5.56 Å². The van der Waals surface area contributed by atoms with Gasteiger partial charge < -0.3 is 0 Å². The van der Waals surface area contributed by atoms with Gasteiger partial charge in [0.15, 0.2) is 0 Å². The van der Waals surface area contributed by atoms with Crippen molar-refractivity contribution in [3.63, 3.8) is 0 Å². The van der Waals surface area contributed by atoms with Crippen LogP contribution in [0.15, 0.2) is 18.5 Å². The van der Waals surface area contributed by atoms with Crippen LogP contribution >= 0.6 is 0 Å². The second kappa shape index (κ2) is 4.60. The van der Waals surface area contributed by atoms with Crippen LogP contribution in [0.4, 0.5) is 4.39 Å². The van der Waals surface area contributed by atoms with Crippen LogP contribution in [0.1, 0.15) is 28.6 Å². The number of benzene rings is 1. The number of nitrogens with two attached hydrogens (primary N) is 1. The summed E-state index contributed by atoms with van der Waals surface area (Å²) >= 11 is 0. The summed E-state index contributed by atoms with van der Waals surface area (Å²) in [5.74, 6) is 5.65. The first-order chi connectivity index (χ1) is 8.13. The van der Waals surface area contributed by atoms with E-state index in [1.165, 1.54) is 12.4 Å². The molecule has 0 fully saturated rings. The largest absolute Gasteiger partial charge is 0.270 e. The lowest BCUT2D eigenvalue weighted by Gasteiger charge is -2.17. The summed E-state index contributed by atoms with van der Waals surface area (Å²) in [4.78, 5) is 3.99.